The minimum Gasteiger partial charge on any atom is -0.493 e. The molecule has 0 bridgehead atoms. The van der Waals surface area contributed by atoms with E-state index in [0.717, 1.165) is 18.8 Å². The molecule has 0 aromatic heterocycles. The van der Waals surface area contributed by atoms with Gasteiger partial charge in [0.05, 0.1) is 19.1 Å². The zero-order valence-electron chi connectivity index (χ0n) is 11.0. The Hall–Kier alpha value is -1.53. The van der Waals surface area contributed by atoms with Crippen molar-refractivity contribution in [1.29, 1.82) is 5.26 Å². The summed E-state index contributed by atoms with van der Waals surface area (Å²) < 4.78 is 5.74. The number of rotatable bonds is 4. The summed E-state index contributed by atoms with van der Waals surface area (Å²) >= 11 is 0. The fourth-order valence-corrected chi connectivity index (χ4v) is 2.43. The first-order valence-electron chi connectivity index (χ1n) is 6.61. The molecule has 0 amide bonds. The van der Waals surface area contributed by atoms with Crippen LogP contribution in [0.15, 0.2) is 24.3 Å². The second kappa shape index (κ2) is 5.88. The van der Waals surface area contributed by atoms with Gasteiger partial charge < -0.3 is 10.1 Å². The van der Waals surface area contributed by atoms with Crippen molar-refractivity contribution >= 4 is 0 Å². The molecule has 2 rings (SSSR count). The minimum absolute atomic E-state index is 0.258. The van der Waals surface area contributed by atoms with Crippen LogP contribution in [0.3, 0.4) is 0 Å². The van der Waals surface area contributed by atoms with E-state index in [0.29, 0.717) is 12.3 Å². The summed E-state index contributed by atoms with van der Waals surface area (Å²) in [6.07, 6.45) is 1.53. The van der Waals surface area contributed by atoms with Crippen molar-refractivity contribution < 1.29 is 4.74 Å². The molecule has 1 heterocycles. The molecule has 0 fully saturated rings. The van der Waals surface area contributed by atoms with E-state index in [2.05, 4.69) is 31.3 Å². The average molecular weight is 244 g/mol. The van der Waals surface area contributed by atoms with E-state index in [1.54, 1.807) is 0 Å². The highest BCUT2D eigenvalue weighted by atomic mass is 16.5. The van der Waals surface area contributed by atoms with Gasteiger partial charge in [0.15, 0.2) is 0 Å². The summed E-state index contributed by atoms with van der Waals surface area (Å²) in [5.74, 6) is 1.40. The highest BCUT2D eigenvalue weighted by molar-refractivity contribution is 5.38. The van der Waals surface area contributed by atoms with E-state index in [-0.39, 0.29) is 12.1 Å². The van der Waals surface area contributed by atoms with E-state index in [1.807, 2.05) is 18.2 Å². The lowest BCUT2D eigenvalue weighted by Gasteiger charge is -2.34. The molecule has 0 radical (unpaired) electrons. The molecular weight excluding hydrogens is 224 g/mol. The lowest BCUT2D eigenvalue weighted by atomic mass is 9.91. The quantitative estimate of drug-likeness (QED) is 0.885. The van der Waals surface area contributed by atoms with E-state index in [4.69, 9.17) is 10.00 Å². The monoisotopic (exact) mass is 244 g/mol. The van der Waals surface area contributed by atoms with Crippen molar-refractivity contribution in [2.45, 2.75) is 38.8 Å². The van der Waals surface area contributed by atoms with Gasteiger partial charge in [0.1, 0.15) is 5.75 Å². The topological polar surface area (TPSA) is 45.0 Å². The highest BCUT2D eigenvalue weighted by Crippen LogP contribution is 2.35. The Balaban J connectivity index is 2.18. The molecule has 3 atom stereocenters. The molecule has 96 valence electrons. The van der Waals surface area contributed by atoms with Gasteiger partial charge >= 0.3 is 0 Å². The molecule has 1 aliphatic heterocycles. The van der Waals surface area contributed by atoms with Gasteiger partial charge in [-0.1, -0.05) is 32.0 Å². The third-order valence-electron chi connectivity index (χ3n) is 3.57. The average Bonchev–Trinajstić information content (AvgIpc) is 2.41. The number of ether oxygens (including phenoxy) is 1. The Morgan fingerprint density at radius 3 is 3.00 bits per heavy atom. The summed E-state index contributed by atoms with van der Waals surface area (Å²) in [5.41, 5.74) is 1.22. The van der Waals surface area contributed by atoms with Crippen LogP contribution in [0.1, 0.15) is 38.3 Å². The van der Waals surface area contributed by atoms with E-state index >= 15 is 0 Å². The number of hydrogen-bond donors (Lipinski definition) is 1. The third kappa shape index (κ3) is 2.65. The number of hydrogen-bond acceptors (Lipinski definition) is 3. The van der Waals surface area contributed by atoms with Crippen molar-refractivity contribution in [1.82, 2.24) is 5.32 Å². The number of nitrogens with zero attached hydrogens (tertiary/aromatic N) is 1. The van der Waals surface area contributed by atoms with Gasteiger partial charge in [0.2, 0.25) is 0 Å². The Bertz CT molecular complexity index is 438. The summed E-state index contributed by atoms with van der Waals surface area (Å²) in [5, 5.41) is 12.5. The predicted octanol–water partition coefficient (Wildman–Crippen LogP) is 3.04. The zero-order valence-corrected chi connectivity index (χ0v) is 11.0. The lowest BCUT2D eigenvalue weighted by molar-refractivity contribution is 0.179. The smallest absolute Gasteiger partial charge is 0.124 e. The Labute approximate surface area is 109 Å². The van der Waals surface area contributed by atoms with Gasteiger partial charge in [-0.25, -0.2) is 0 Å². The third-order valence-corrected chi connectivity index (χ3v) is 3.57. The molecular formula is C15H20N2O. The van der Waals surface area contributed by atoms with Crippen molar-refractivity contribution in [2.24, 2.45) is 5.92 Å². The van der Waals surface area contributed by atoms with Gasteiger partial charge in [0.25, 0.3) is 0 Å². The first kappa shape index (κ1) is 12.9. The van der Waals surface area contributed by atoms with Crippen LogP contribution in [0, 0.1) is 17.2 Å². The minimum atomic E-state index is 0.258. The van der Waals surface area contributed by atoms with Crippen LogP contribution < -0.4 is 10.1 Å². The number of benzene rings is 1. The largest absolute Gasteiger partial charge is 0.493 e. The van der Waals surface area contributed by atoms with E-state index in [9.17, 15) is 0 Å². The number of nitriles is 1. The van der Waals surface area contributed by atoms with E-state index in [1.165, 1.54) is 5.56 Å². The van der Waals surface area contributed by atoms with Gasteiger partial charge in [0, 0.05) is 23.6 Å². The van der Waals surface area contributed by atoms with Crippen LogP contribution in [0.4, 0.5) is 0 Å². The van der Waals surface area contributed by atoms with Gasteiger partial charge in [-0.05, 0) is 12.5 Å². The molecule has 1 N–H and O–H groups in total. The molecule has 0 aliphatic carbocycles. The molecule has 1 aromatic rings. The molecule has 1 aromatic carbocycles. The van der Waals surface area contributed by atoms with Crippen LogP contribution in [-0.4, -0.2) is 12.6 Å². The second-order valence-corrected chi connectivity index (χ2v) is 4.94. The maximum atomic E-state index is 8.84. The fraction of sp³-hybridized carbons (Fsp3) is 0.533. The SMILES string of the molecule is CCC(CC#N)NC1c2ccccc2OCC1C. The molecule has 3 nitrogen and oxygen atoms in total. The number of nitrogens with one attached hydrogen (secondary N) is 1. The van der Waals surface area contributed by atoms with Gasteiger partial charge in [-0.3, -0.25) is 0 Å². The van der Waals surface area contributed by atoms with E-state index < -0.39 is 0 Å². The number of para-hydroxylation sites is 1. The zero-order chi connectivity index (χ0) is 13.0. The fourth-order valence-electron chi connectivity index (χ4n) is 2.43. The highest BCUT2D eigenvalue weighted by Gasteiger charge is 2.28. The molecule has 3 unspecified atom stereocenters. The van der Waals surface area contributed by atoms with Crippen LogP contribution in [0.5, 0.6) is 5.75 Å². The lowest BCUT2D eigenvalue weighted by Crippen LogP contribution is -2.39. The van der Waals surface area contributed by atoms with Crippen molar-refractivity contribution in [3.8, 4) is 11.8 Å². The Kier molecular flexibility index (Phi) is 4.22. The van der Waals surface area contributed by atoms with Crippen LogP contribution in [-0.2, 0) is 0 Å². The number of fused-ring (bicyclic) bond motifs is 1. The first-order valence-corrected chi connectivity index (χ1v) is 6.61. The van der Waals surface area contributed by atoms with Gasteiger partial charge in [-0.2, -0.15) is 5.26 Å². The molecule has 3 heteroatoms. The summed E-state index contributed by atoms with van der Waals surface area (Å²) in [4.78, 5) is 0. The summed E-state index contributed by atoms with van der Waals surface area (Å²) in [7, 11) is 0. The maximum Gasteiger partial charge on any atom is 0.124 e. The Morgan fingerprint density at radius 1 is 1.50 bits per heavy atom. The van der Waals surface area contributed by atoms with Crippen molar-refractivity contribution in [3.63, 3.8) is 0 Å². The first-order chi connectivity index (χ1) is 8.76. The van der Waals surface area contributed by atoms with Crippen LogP contribution >= 0.6 is 0 Å². The maximum absolute atomic E-state index is 8.84. The second-order valence-electron chi connectivity index (χ2n) is 4.94. The molecule has 0 saturated carbocycles. The normalized spacial score (nSPS) is 23.6. The molecule has 1 aliphatic rings. The summed E-state index contributed by atoms with van der Waals surface area (Å²) in [6.45, 7) is 5.04. The van der Waals surface area contributed by atoms with Crippen LogP contribution in [0.2, 0.25) is 0 Å². The van der Waals surface area contributed by atoms with Crippen molar-refractivity contribution in [2.75, 3.05) is 6.61 Å². The molecule has 18 heavy (non-hydrogen) atoms. The standard InChI is InChI=1S/C15H20N2O/c1-3-12(8-9-16)17-15-11(2)10-18-14-7-5-4-6-13(14)15/h4-7,11-12,15,17H,3,8,10H2,1-2H3. The Morgan fingerprint density at radius 2 is 2.28 bits per heavy atom. The molecule has 0 spiro atoms. The van der Waals surface area contributed by atoms with Gasteiger partial charge in [-0.15, -0.1) is 0 Å². The van der Waals surface area contributed by atoms with Crippen LogP contribution in [0.25, 0.3) is 0 Å². The van der Waals surface area contributed by atoms with Crippen molar-refractivity contribution in [3.05, 3.63) is 29.8 Å². The predicted molar refractivity (Wildman–Crippen MR) is 71.3 cm³/mol. The molecule has 0 saturated heterocycles. The summed E-state index contributed by atoms with van der Waals surface area (Å²) in [6, 6.07) is 11.0.